The van der Waals surface area contributed by atoms with Crippen LogP contribution >= 0.6 is 11.6 Å². The van der Waals surface area contributed by atoms with E-state index >= 15 is 0 Å². The number of anilines is 1. The van der Waals surface area contributed by atoms with Crippen LogP contribution in [0.2, 0.25) is 0 Å². The van der Waals surface area contributed by atoms with E-state index in [1.54, 1.807) is 31.2 Å². The van der Waals surface area contributed by atoms with Crippen molar-refractivity contribution in [1.29, 1.82) is 0 Å². The minimum atomic E-state index is -3.77. The molecule has 0 fully saturated rings. The van der Waals surface area contributed by atoms with Gasteiger partial charge in [0.25, 0.3) is 0 Å². The fraction of sp³-hybridized carbons (Fsp3) is 0.222. The zero-order valence-corrected chi connectivity index (χ0v) is 15.2. The number of carbonyl (C=O) groups is 1. The van der Waals surface area contributed by atoms with Crippen LogP contribution in [0, 0.1) is 0 Å². The van der Waals surface area contributed by atoms with Crippen molar-refractivity contribution in [2.24, 2.45) is 0 Å². The summed E-state index contributed by atoms with van der Waals surface area (Å²) in [6, 6.07) is 0. The van der Waals surface area contributed by atoms with Gasteiger partial charge in [-0.15, -0.1) is 8.78 Å². The molecule has 2 rings (SSSR count). The molecule has 1 aromatic heterocycles. The lowest BCUT2D eigenvalue weighted by Gasteiger charge is -2.16. The lowest BCUT2D eigenvalue weighted by atomic mass is 10.2. The quantitative estimate of drug-likeness (QED) is 0.668. The number of hydrogen-bond donors (Lipinski definition) is 2. The SMILES string of the molecule is C=C(Cl)/C=C\C=C\CC(=O)Nc1nc2c([nH]1)/C=C(\CC)OC(F)(F)O/C=C/2. The van der Waals surface area contributed by atoms with Gasteiger partial charge in [0.05, 0.1) is 17.6 Å². The van der Waals surface area contributed by atoms with E-state index in [4.69, 9.17) is 11.6 Å². The van der Waals surface area contributed by atoms with Crippen molar-refractivity contribution < 1.29 is 23.0 Å². The molecule has 0 radical (unpaired) electrons. The maximum absolute atomic E-state index is 13.4. The average molecular weight is 398 g/mol. The Morgan fingerprint density at radius 1 is 1.48 bits per heavy atom. The minimum absolute atomic E-state index is 0.00192. The van der Waals surface area contributed by atoms with Crippen molar-refractivity contribution >= 4 is 35.6 Å². The Morgan fingerprint density at radius 3 is 2.96 bits per heavy atom. The summed E-state index contributed by atoms with van der Waals surface area (Å²) in [5.41, 5.74) is 0.718. The van der Waals surface area contributed by atoms with Crippen molar-refractivity contribution in [1.82, 2.24) is 9.97 Å². The van der Waals surface area contributed by atoms with Gasteiger partial charge >= 0.3 is 6.29 Å². The first-order chi connectivity index (χ1) is 12.8. The van der Waals surface area contributed by atoms with Gasteiger partial charge in [0.2, 0.25) is 11.9 Å². The molecular formula is C18H18ClF2N3O3. The predicted molar refractivity (Wildman–Crippen MR) is 99.5 cm³/mol. The van der Waals surface area contributed by atoms with E-state index in [9.17, 15) is 13.6 Å². The lowest BCUT2D eigenvalue weighted by Crippen LogP contribution is -2.21. The third-order valence-electron chi connectivity index (χ3n) is 3.18. The van der Waals surface area contributed by atoms with E-state index in [0.29, 0.717) is 16.4 Å². The molecule has 1 aromatic rings. The van der Waals surface area contributed by atoms with Crippen molar-refractivity contribution in [2.75, 3.05) is 5.32 Å². The summed E-state index contributed by atoms with van der Waals surface area (Å²) in [6.45, 7) is 5.16. The van der Waals surface area contributed by atoms with Gasteiger partial charge in [-0.1, -0.05) is 43.3 Å². The lowest BCUT2D eigenvalue weighted by molar-refractivity contribution is -0.356. The molecule has 1 aliphatic heterocycles. The van der Waals surface area contributed by atoms with Gasteiger partial charge in [-0.25, -0.2) is 4.98 Å². The summed E-state index contributed by atoms with van der Waals surface area (Å²) in [6.07, 6.45) is 6.50. The van der Waals surface area contributed by atoms with Crippen LogP contribution in [0.4, 0.5) is 14.7 Å². The number of nitrogens with zero attached hydrogens (tertiary/aromatic N) is 1. The topological polar surface area (TPSA) is 76.2 Å². The molecule has 1 amide bonds. The van der Waals surface area contributed by atoms with Crippen molar-refractivity contribution in [2.45, 2.75) is 26.1 Å². The van der Waals surface area contributed by atoms with Crippen LogP contribution in [0.25, 0.3) is 12.2 Å². The van der Waals surface area contributed by atoms with E-state index in [2.05, 4.69) is 31.3 Å². The molecule has 2 N–H and O–H groups in total. The number of halogens is 3. The van der Waals surface area contributed by atoms with Crippen LogP contribution in [0.5, 0.6) is 0 Å². The smallest absolute Gasteiger partial charge is 0.407 e. The normalized spacial score (nSPS) is 19.0. The highest BCUT2D eigenvalue weighted by atomic mass is 35.5. The van der Waals surface area contributed by atoms with Gasteiger partial charge in [-0.3, -0.25) is 10.1 Å². The Balaban J connectivity index is 2.09. The number of rotatable bonds is 6. The predicted octanol–water partition coefficient (Wildman–Crippen LogP) is 4.92. The Kier molecular flexibility index (Phi) is 6.95. The highest BCUT2D eigenvalue weighted by molar-refractivity contribution is 6.30. The molecule has 2 heterocycles. The molecule has 6 nitrogen and oxygen atoms in total. The van der Waals surface area contributed by atoms with Crippen LogP contribution in [0.3, 0.4) is 0 Å². The number of imidazole rings is 1. The Labute approximate surface area is 159 Å². The Hall–Kier alpha value is -2.87. The van der Waals surface area contributed by atoms with Gasteiger partial charge in [0.1, 0.15) is 5.76 Å². The molecule has 0 saturated carbocycles. The Bertz CT molecular complexity index is 826. The van der Waals surface area contributed by atoms with Crippen LogP contribution < -0.4 is 5.32 Å². The van der Waals surface area contributed by atoms with Crippen molar-refractivity contribution in [3.63, 3.8) is 0 Å². The zero-order chi connectivity index (χ0) is 19.9. The van der Waals surface area contributed by atoms with Gasteiger partial charge in [-0.2, -0.15) is 0 Å². The highest BCUT2D eigenvalue weighted by Gasteiger charge is 2.35. The van der Waals surface area contributed by atoms with Crippen LogP contribution in [0.1, 0.15) is 31.2 Å². The molecule has 0 aliphatic carbocycles. The second-order valence-electron chi connectivity index (χ2n) is 5.32. The number of allylic oxidation sites excluding steroid dienone is 5. The second-order valence-corrected chi connectivity index (χ2v) is 5.81. The molecule has 0 spiro atoms. The fourth-order valence-electron chi connectivity index (χ4n) is 2.01. The van der Waals surface area contributed by atoms with Crippen molar-refractivity contribution in [3.8, 4) is 0 Å². The molecule has 0 unspecified atom stereocenters. The summed E-state index contributed by atoms with van der Waals surface area (Å²) in [7, 11) is 0. The first-order valence-electron chi connectivity index (χ1n) is 7.98. The third-order valence-corrected chi connectivity index (χ3v) is 3.31. The summed E-state index contributed by atoms with van der Waals surface area (Å²) >= 11 is 5.57. The van der Waals surface area contributed by atoms with E-state index in [1.165, 1.54) is 12.2 Å². The third kappa shape index (κ3) is 6.74. The van der Waals surface area contributed by atoms with E-state index in [-0.39, 0.29) is 30.5 Å². The van der Waals surface area contributed by atoms with E-state index < -0.39 is 6.29 Å². The van der Waals surface area contributed by atoms with Crippen LogP contribution in [-0.4, -0.2) is 22.2 Å². The highest BCUT2D eigenvalue weighted by Crippen LogP contribution is 2.27. The number of hydrogen-bond acceptors (Lipinski definition) is 4. The number of carbonyl (C=O) groups excluding carboxylic acids is 1. The number of ether oxygens (including phenoxy) is 2. The molecule has 1 aliphatic rings. The number of nitrogens with one attached hydrogen (secondary N) is 2. The molecule has 0 aromatic carbocycles. The molecule has 9 heteroatoms. The molecule has 0 atom stereocenters. The number of aromatic nitrogens is 2. The minimum Gasteiger partial charge on any atom is -0.407 e. The first-order valence-corrected chi connectivity index (χ1v) is 8.36. The summed E-state index contributed by atoms with van der Waals surface area (Å²) < 4.78 is 35.6. The van der Waals surface area contributed by atoms with Gasteiger partial charge < -0.3 is 14.5 Å². The number of H-pyrrole nitrogens is 1. The summed E-state index contributed by atoms with van der Waals surface area (Å²) in [5.74, 6) is -0.139. The van der Waals surface area contributed by atoms with Crippen molar-refractivity contribution in [3.05, 3.63) is 59.3 Å². The maximum atomic E-state index is 13.4. The second kappa shape index (κ2) is 9.18. The van der Waals surface area contributed by atoms with Crippen LogP contribution in [-0.2, 0) is 14.3 Å². The molecule has 144 valence electrons. The maximum Gasteiger partial charge on any atom is 0.585 e. The van der Waals surface area contributed by atoms with Gasteiger partial charge in [0.15, 0.2) is 0 Å². The summed E-state index contributed by atoms with van der Waals surface area (Å²) in [5, 5.41) is 2.97. The van der Waals surface area contributed by atoms with Gasteiger partial charge in [-0.05, 0) is 6.08 Å². The zero-order valence-electron chi connectivity index (χ0n) is 14.5. The van der Waals surface area contributed by atoms with E-state index in [0.717, 1.165) is 6.26 Å². The van der Waals surface area contributed by atoms with Crippen LogP contribution in [0.15, 0.2) is 47.9 Å². The monoisotopic (exact) mass is 397 g/mol. The Morgan fingerprint density at radius 2 is 2.26 bits per heavy atom. The molecular weight excluding hydrogens is 380 g/mol. The van der Waals surface area contributed by atoms with Gasteiger partial charge in [0, 0.05) is 30.0 Å². The fourth-order valence-corrected chi connectivity index (χ4v) is 2.08. The molecule has 0 saturated heterocycles. The number of alkyl halides is 2. The number of amides is 1. The molecule has 0 bridgehead atoms. The standard InChI is InChI=1S/C18H18ClF2N3O3/c1-3-13-11-15-14(9-10-26-18(20,21)27-13)22-17(23-15)24-16(25)8-6-4-5-7-12(2)19/h4-7,9-11H,2-3,8H2,1H3,(H2,22,23,24,25)/b6-4+,7-5-,10-9+,13-11+. The number of fused-ring (bicyclic) bond motifs is 1. The van der Waals surface area contributed by atoms with E-state index in [1.807, 2.05) is 0 Å². The molecule has 27 heavy (non-hydrogen) atoms. The number of aromatic amines is 1. The largest absolute Gasteiger partial charge is 0.585 e. The first kappa shape index (κ1) is 20.4. The summed E-state index contributed by atoms with van der Waals surface area (Å²) in [4.78, 5) is 18.9. The average Bonchev–Trinajstić information content (AvgIpc) is 2.95.